The molecule has 1 aliphatic carbocycles. The summed E-state index contributed by atoms with van der Waals surface area (Å²) in [7, 11) is 0. The van der Waals surface area contributed by atoms with E-state index < -0.39 is 37.0 Å². The van der Waals surface area contributed by atoms with Crippen LogP contribution in [-0.4, -0.2) is 32.1 Å². The van der Waals surface area contributed by atoms with E-state index in [-0.39, 0.29) is 11.1 Å². The van der Waals surface area contributed by atoms with Crippen molar-refractivity contribution in [2.24, 2.45) is 11.8 Å². The lowest BCUT2D eigenvalue weighted by Crippen LogP contribution is -2.33. The number of halogens is 6. The molecule has 154 valence electrons. The van der Waals surface area contributed by atoms with Crippen LogP contribution in [0.4, 0.5) is 26.3 Å². The van der Waals surface area contributed by atoms with Crippen LogP contribution in [0, 0.1) is 18.8 Å². The number of rotatable bonds is 2. The first-order valence-electron chi connectivity index (χ1n) is 8.87. The van der Waals surface area contributed by atoms with Crippen molar-refractivity contribution < 1.29 is 26.3 Å². The zero-order valence-electron chi connectivity index (χ0n) is 15.1. The Morgan fingerprint density at radius 3 is 2.55 bits per heavy atom. The third kappa shape index (κ3) is 3.63. The van der Waals surface area contributed by atoms with Gasteiger partial charge in [-0.15, -0.1) is 0 Å². The van der Waals surface area contributed by atoms with Gasteiger partial charge < -0.3 is 4.98 Å². The van der Waals surface area contributed by atoms with Crippen molar-refractivity contribution >= 4 is 16.6 Å². The van der Waals surface area contributed by atoms with Crippen LogP contribution in [0.25, 0.3) is 22.3 Å². The smallest absolute Gasteiger partial charge is 0.346 e. The molecule has 0 aromatic carbocycles. The van der Waals surface area contributed by atoms with Crippen LogP contribution in [0.2, 0.25) is 0 Å². The van der Waals surface area contributed by atoms with E-state index in [4.69, 9.17) is 0 Å². The second-order valence-corrected chi connectivity index (χ2v) is 7.16. The summed E-state index contributed by atoms with van der Waals surface area (Å²) in [6, 6.07) is 3.45. The predicted octanol–water partition coefficient (Wildman–Crippen LogP) is 5.59. The molecule has 0 fully saturated rings. The van der Waals surface area contributed by atoms with Crippen LogP contribution in [0.5, 0.6) is 0 Å². The number of alkyl halides is 6. The molecule has 0 spiro atoms. The number of nitrogens with zero attached hydrogens (tertiary/aromatic N) is 3. The Balaban J connectivity index is 1.78. The summed E-state index contributed by atoms with van der Waals surface area (Å²) in [6.45, 7) is 1.57. The minimum atomic E-state index is -4.73. The van der Waals surface area contributed by atoms with Crippen LogP contribution in [0.3, 0.4) is 0 Å². The van der Waals surface area contributed by atoms with Gasteiger partial charge >= 0.3 is 12.4 Å². The molecule has 0 aliphatic heterocycles. The number of nitrogens with one attached hydrogen (secondary N) is 1. The van der Waals surface area contributed by atoms with Gasteiger partial charge in [0.25, 0.3) is 0 Å². The molecule has 4 rings (SSSR count). The predicted molar refractivity (Wildman–Crippen MR) is 94.3 cm³/mol. The molecule has 0 saturated carbocycles. The first kappa shape index (κ1) is 19.5. The Morgan fingerprint density at radius 2 is 1.86 bits per heavy atom. The Labute approximate surface area is 161 Å². The van der Waals surface area contributed by atoms with Crippen molar-refractivity contribution in [3.63, 3.8) is 0 Å². The molecule has 0 radical (unpaired) electrons. The highest BCUT2D eigenvalue weighted by Gasteiger charge is 2.49. The van der Waals surface area contributed by atoms with E-state index in [0.29, 0.717) is 17.0 Å². The largest absolute Gasteiger partial charge is 0.395 e. The summed E-state index contributed by atoms with van der Waals surface area (Å²) >= 11 is 0. The lowest BCUT2D eigenvalue weighted by Gasteiger charge is -2.31. The van der Waals surface area contributed by atoms with E-state index in [1.807, 2.05) is 0 Å². The number of hydrogen-bond acceptors (Lipinski definition) is 2. The van der Waals surface area contributed by atoms with Crippen LogP contribution < -0.4 is 0 Å². The van der Waals surface area contributed by atoms with Gasteiger partial charge in [0.15, 0.2) is 0 Å². The normalized spacial score (nSPS) is 20.9. The van der Waals surface area contributed by atoms with Gasteiger partial charge in [-0.25, -0.2) is 9.67 Å². The van der Waals surface area contributed by atoms with E-state index in [1.165, 1.54) is 10.9 Å². The van der Waals surface area contributed by atoms with E-state index in [2.05, 4.69) is 15.1 Å². The third-order valence-electron chi connectivity index (χ3n) is 5.22. The number of aromatic nitrogens is 4. The molecule has 1 unspecified atom stereocenters. The lowest BCUT2D eigenvalue weighted by atomic mass is 9.79. The Bertz CT molecular complexity index is 1070. The molecular formula is C19H16F6N4. The van der Waals surface area contributed by atoms with Crippen molar-refractivity contribution in [2.45, 2.75) is 32.1 Å². The molecule has 1 aliphatic rings. The van der Waals surface area contributed by atoms with Gasteiger partial charge in [0.2, 0.25) is 0 Å². The summed E-state index contributed by atoms with van der Waals surface area (Å²) in [5.41, 5.74) is 1.89. The van der Waals surface area contributed by atoms with Gasteiger partial charge in [-0.2, -0.15) is 31.4 Å². The number of aryl methyl sites for hydroxylation is 1. The van der Waals surface area contributed by atoms with Crippen LogP contribution in [-0.2, 0) is 0 Å². The standard InChI is InChI=1S/C19H16F6N4/c1-10-15(9-29(28-10)16-3-5-27-17-14(16)2-4-26-17)11-6-12(18(20,21)22)8-13(7-11)19(23,24)25/h2-6,9,12-13H,7-8H2,1H3,(H,26,27)/t12-,13?/m0/s1. The average Bonchev–Trinajstić information content (AvgIpc) is 3.26. The first-order chi connectivity index (χ1) is 13.5. The van der Waals surface area contributed by atoms with Gasteiger partial charge in [-0.1, -0.05) is 6.08 Å². The van der Waals surface area contributed by atoms with E-state index in [0.717, 1.165) is 11.5 Å². The maximum Gasteiger partial charge on any atom is 0.395 e. The number of H-pyrrole nitrogens is 1. The number of fused-ring (bicyclic) bond motifs is 1. The molecule has 10 heteroatoms. The monoisotopic (exact) mass is 414 g/mol. The summed E-state index contributed by atoms with van der Waals surface area (Å²) in [5.74, 6) is -4.19. The number of allylic oxidation sites excluding steroid dienone is 2. The molecule has 0 amide bonds. The summed E-state index contributed by atoms with van der Waals surface area (Å²) in [6.07, 6.45) is -5.30. The van der Waals surface area contributed by atoms with Gasteiger partial charge in [-0.05, 0) is 37.5 Å². The fourth-order valence-electron chi connectivity index (χ4n) is 3.76. The summed E-state index contributed by atoms with van der Waals surface area (Å²) in [5, 5.41) is 5.07. The molecule has 3 aromatic rings. The molecule has 0 saturated heterocycles. The van der Waals surface area contributed by atoms with E-state index >= 15 is 0 Å². The van der Waals surface area contributed by atoms with Crippen LogP contribution in [0.15, 0.2) is 36.8 Å². The maximum absolute atomic E-state index is 13.3. The van der Waals surface area contributed by atoms with Crippen molar-refractivity contribution in [2.75, 3.05) is 0 Å². The Hall–Kier alpha value is -2.78. The molecular weight excluding hydrogens is 398 g/mol. The SMILES string of the molecule is Cc1nn(-c2ccnc3[nH]ccc23)cc1C1=C[C@H](C(F)(F)F)CC(C(F)(F)F)C1. The fourth-order valence-corrected chi connectivity index (χ4v) is 3.76. The zero-order chi connectivity index (χ0) is 21.0. The maximum atomic E-state index is 13.3. The zero-order valence-corrected chi connectivity index (χ0v) is 15.1. The quantitative estimate of drug-likeness (QED) is 0.556. The highest BCUT2D eigenvalue weighted by atomic mass is 19.4. The molecule has 1 N–H and O–H groups in total. The average molecular weight is 414 g/mol. The van der Waals surface area contributed by atoms with Gasteiger partial charge in [0.1, 0.15) is 5.65 Å². The van der Waals surface area contributed by atoms with Crippen LogP contribution in [0.1, 0.15) is 24.1 Å². The second kappa shape index (κ2) is 6.64. The minimum Gasteiger partial charge on any atom is -0.346 e. The Morgan fingerprint density at radius 1 is 1.10 bits per heavy atom. The minimum absolute atomic E-state index is 0.0176. The van der Waals surface area contributed by atoms with Crippen molar-refractivity contribution in [3.05, 3.63) is 48.1 Å². The molecule has 29 heavy (non-hydrogen) atoms. The number of pyridine rings is 1. The second-order valence-electron chi connectivity index (χ2n) is 7.16. The van der Waals surface area contributed by atoms with Crippen molar-refractivity contribution in [3.8, 4) is 5.69 Å². The highest BCUT2D eigenvalue weighted by molar-refractivity contribution is 5.84. The summed E-state index contributed by atoms with van der Waals surface area (Å²) in [4.78, 5) is 7.11. The Kier molecular flexibility index (Phi) is 4.47. The number of hydrogen-bond donors (Lipinski definition) is 1. The highest BCUT2D eigenvalue weighted by Crippen LogP contribution is 2.47. The molecule has 3 aromatic heterocycles. The molecule has 0 bridgehead atoms. The van der Waals surface area contributed by atoms with E-state index in [9.17, 15) is 26.3 Å². The topological polar surface area (TPSA) is 46.5 Å². The third-order valence-corrected chi connectivity index (χ3v) is 5.22. The summed E-state index contributed by atoms with van der Waals surface area (Å²) < 4.78 is 81.1. The van der Waals surface area contributed by atoms with Crippen LogP contribution >= 0.6 is 0 Å². The molecule has 3 heterocycles. The van der Waals surface area contributed by atoms with Gasteiger partial charge in [-0.3, -0.25) is 0 Å². The molecule has 2 atom stereocenters. The first-order valence-corrected chi connectivity index (χ1v) is 8.87. The van der Waals surface area contributed by atoms with Gasteiger partial charge in [0, 0.05) is 29.5 Å². The van der Waals surface area contributed by atoms with Crippen molar-refractivity contribution in [1.29, 1.82) is 0 Å². The fraction of sp³-hybridized carbons (Fsp3) is 0.368. The van der Waals surface area contributed by atoms with Crippen molar-refractivity contribution in [1.82, 2.24) is 19.7 Å². The lowest BCUT2D eigenvalue weighted by molar-refractivity contribution is -0.203. The number of aromatic amines is 1. The van der Waals surface area contributed by atoms with E-state index in [1.54, 1.807) is 31.5 Å². The van der Waals surface area contributed by atoms with Gasteiger partial charge in [0.05, 0.1) is 23.2 Å². The molecule has 4 nitrogen and oxygen atoms in total.